The van der Waals surface area contributed by atoms with Gasteiger partial charge in [0.15, 0.2) is 0 Å². The quantitative estimate of drug-likeness (QED) is 0.0397. The lowest BCUT2D eigenvalue weighted by Crippen LogP contribution is -2.30. The maximum absolute atomic E-state index is 13.1. The third-order valence-corrected chi connectivity index (χ3v) is 15.3. The number of benzene rings is 6. The standard InChI is InChI=1S/C69H76O7/c1-13-16-18-61-49(7)50(8)62(19-17-14-2)69(61,56-29-39-65(48(6)45-56)74-43-41-66(72)76-60-36-26-54(27-37-60)68(11,12)52-22-32-58(71)33-23-52)55-28-38-64(47(5)44-55)73-42-40-46(4)63(15-3)75-59-34-24-53(25-35-59)67(9,10)51-20-30-57(70)31-21-51/h13-14,16-39,44-46,63,70-71H,1,8,15,40-43H2,2-7,9-12H3/b17-14-,18-16-,62-19+. The molecular weight excluding hydrogens is 941 g/mol. The molecule has 0 saturated carbocycles. The summed E-state index contributed by atoms with van der Waals surface area (Å²) in [6.45, 7) is 30.7. The molecule has 0 spiro atoms. The van der Waals surface area contributed by atoms with Crippen molar-refractivity contribution >= 4 is 5.97 Å². The highest BCUT2D eigenvalue weighted by Gasteiger charge is 2.47. The lowest BCUT2D eigenvalue weighted by Gasteiger charge is -2.36. The number of hydrogen-bond acceptors (Lipinski definition) is 7. The molecule has 0 saturated heterocycles. The molecule has 394 valence electrons. The molecule has 7 heteroatoms. The van der Waals surface area contributed by atoms with E-state index >= 15 is 0 Å². The zero-order valence-corrected chi connectivity index (χ0v) is 46.2. The van der Waals surface area contributed by atoms with Crippen LogP contribution in [0.5, 0.6) is 34.5 Å². The molecular formula is C69H76O7. The van der Waals surface area contributed by atoms with E-state index < -0.39 is 5.41 Å². The Morgan fingerprint density at radius 1 is 0.671 bits per heavy atom. The molecule has 3 atom stereocenters. The van der Waals surface area contributed by atoms with Crippen molar-refractivity contribution in [3.05, 3.63) is 250 Å². The van der Waals surface area contributed by atoms with Crippen molar-refractivity contribution in [2.45, 2.75) is 111 Å². The molecule has 7 nitrogen and oxygen atoms in total. The van der Waals surface area contributed by atoms with E-state index in [0.717, 1.165) is 85.6 Å². The zero-order chi connectivity index (χ0) is 54.8. The zero-order valence-electron chi connectivity index (χ0n) is 46.2. The summed E-state index contributed by atoms with van der Waals surface area (Å²) in [4.78, 5) is 13.1. The van der Waals surface area contributed by atoms with E-state index in [4.69, 9.17) is 18.9 Å². The van der Waals surface area contributed by atoms with Gasteiger partial charge < -0.3 is 29.2 Å². The van der Waals surface area contributed by atoms with Gasteiger partial charge in [0, 0.05) is 10.8 Å². The number of ether oxygens (including phenoxy) is 4. The fourth-order valence-electron chi connectivity index (χ4n) is 10.5. The summed E-state index contributed by atoms with van der Waals surface area (Å²) in [5.41, 5.74) is 11.4. The fraction of sp³-hybridized carbons (Fsp3) is 0.290. The van der Waals surface area contributed by atoms with Gasteiger partial charge in [-0.25, -0.2) is 0 Å². The number of hydrogen-bond donors (Lipinski definition) is 2. The van der Waals surface area contributed by atoms with Crippen molar-refractivity contribution in [3.8, 4) is 34.5 Å². The van der Waals surface area contributed by atoms with Crippen molar-refractivity contribution in [1.82, 2.24) is 0 Å². The summed E-state index contributed by atoms with van der Waals surface area (Å²) >= 11 is 0. The number of rotatable bonds is 22. The van der Waals surface area contributed by atoms with E-state index in [1.54, 1.807) is 30.3 Å². The van der Waals surface area contributed by atoms with Crippen LogP contribution in [0.25, 0.3) is 0 Å². The predicted molar refractivity (Wildman–Crippen MR) is 310 cm³/mol. The summed E-state index contributed by atoms with van der Waals surface area (Å²) < 4.78 is 25.2. The Labute approximate surface area is 452 Å². The number of aromatic hydroxyl groups is 2. The molecule has 0 aliphatic heterocycles. The Kier molecular flexibility index (Phi) is 17.9. The summed E-state index contributed by atoms with van der Waals surface area (Å²) in [5.74, 6) is 3.16. The minimum absolute atomic E-state index is 0.0154. The monoisotopic (exact) mass is 1020 g/mol. The number of phenolic OH excluding ortho intramolecular Hbond substituents is 2. The molecule has 6 aromatic rings. The van der Waals surface area contributed by atoms with Crippen molar-refractivity contribution in [1.29, 1.82) is 0 Å². The lowest BCUT2D eigenvalue weighted by atomic mass is 9.65. The fourth-order valence-corrected chi connectivity index (χ4v) is 10.5. The second-order valence-electron chi connectivity index (χ2n) is 21.1. The highest BCUT2D eigenvalue weighted by Crippen LogP contribution is 2.57. The van der Waals surface area contributed by atoms with Crippen LogP contribution in [-0.2, 0) is 21.0 Å². The van der Waals surface area contributed by atoms with E-state index in [1.807, 2.05) is 80.6 Å². The minimum atomic E-state index is -0.745. The van der Waals surface area contributed by atoms with Gasteiger partial charge >= 0.3 is 5.97 Å². The van der Waals surface area contributed by atoms with Gasteiger partial charge in [0.05, 0.1) is 25.0 Å². The van der Waals surface area contributed by atoms with Crippen molar-refractivity contribution in [3.63, 3.8) is 0 Å². The first-order valence-electron chi connectivity index (χ1n) is 26.5. The Morgan fingerprint density at radius 2 is 1.14 bits per heavy atom. The van der Waals surface area contributed by atoms with Gasteiger partial charge in [-0.05, 0) is 174 Å². The first-order chi connectivity index (χ1) is 36.3. The summed E-state index contributed by atoms with van der Waals surface area (Å²) in [7, 11) is 0. The van der Waals surface area contributed by atoms with E-state index in [2.05, 4.69) is 141 Å². The van der Waals surface area contributed by atoms with Gasteiger partial charge in [-0.2, -0.15) is 0 Å². The van der Waals surface area contributed by atoms with Gasteiger partial charge in [0.25, 0.3) is 0 Å². The van der Waals surface area contributed by atoms with Crippen LogP contribution in [0.1, 0.15) is 119 Å². The number of carbonyl (C=O) groups is 1. The van der Waals surface area contributed by atoms with Crippen LogP contribution in [0.15, 0.2) is 205 Å². The normalized spacial score (nSPS) is 16.3. The van der Waals surface area contributed by atoms with Crippen LogP contribution in [0.4, 0.5) is 0 Å². The topological polar surface area (TPSA) is 94.5 Å². The smallest absolute Gasteiger partial charge is 0.314 e. The Balaban J connectivity index is 1.05. The average molecular weight is 1020 g/mol. The number of esters is 1. The molecule has 0 fully saturated rings. The predicted octanol–water partition coefficient (Wildman–Crippen LogP) is 16.4. The van der Waals surface area contributed by atoms with E-state index in [9.17, 15) is 15.0 Å². The molecule has 1 aliphatic carbocycles. The van der Waals surface area contributed by atoms with E-state index in [1.165, 1.54) is 5.56 Å². The number of carbonyl (C=O) groups excluding carboxylic acids is 1. The van der Waals surface area contributed by atoms with Gasteiger partial charge in [-0.3, -0.25) is 4.79 Å². The second-order valence-corrected chi connectivity index (χ2v) is 21.1. The van der Waals surface area contributed by atoms with Gasteiger partial charge in [-0.1, -0.05) is 164 Å². The Hall–Kier alpha value is -7.77. The minimum Gasteiger partial charge on any atom is -0.508 e. The van der Waals surface area contributed by atoms with Crippen LogP contribution in [0, 0.1) is 19.8 Å². The maximum atomic E-state index is 13.1. The molecule has 0 radical (unpaired) electrons. The van der Waals surface area contributed by atoms with Crippen LogP contribution in [-0.4, -0.2) is 35.5 Å². The first kappa shape index (κ1) is 56.0. The van der Waals surface area contributed by atoms with E-state index in [-0.39, 0.29) is 53.3 Å². The molecule has 1 aliphatic rings. The third kappa shape index (κ3) is 12.2. The molecule has 0 amide bonds. The molecule has 7 rings (SSSR count). The molecule has 0 heterocycles. The molecule has 76 heavy (non-hydrogen) atoms. The summed E-state index contributed by atoms with van der Waals surface area (Å²) in [6.07, 6.45) is 14.0. The van der Waals surface area contributed by atoms with Crippen molar-refractivity contribution in [2.24, 2.45) is 5.92 Å². The van der Waals surface area contributed by atoms with Gasteiger partial charge in [-0.15, -0.1) is 0 Å². The van der Waals surface area contributed by atoms with Crippen LogP contribution in [0.3, 0.4) is 0 Å². The van der Waals surface area contributed by atoms with Gasteiger partial charge in [0.1, 0.15) is 40.6 Å². The Morgan fingerprint density at radius 3 is 1.61 bits per heavy atom. The second kappa shape index (κ2) is 24.3. The largest absolute Gasteiger partial charge is 0.508 e. The van der Waals surface area contributed by atoms with Crippen LogP contribution < -0.4 is 18.9 Å². The SMILES string of the molecule is C=C/C=C\C1=C(C)C(=C)/C(=C\C=C/C)C1(c1ccc(OCCC(=O)Oc2ccc(C(C)(C)c3ccc(O)cc3)cc2)c(C)c1)c1ccc(OCCC(C)C(CC)Oc2ccc(C(C)(C)c3ccc(O)cc3)cc2)c(C)c1. The molecule has 0 bridgehead atoms. The molecule has 0 aromatic heterocycles. The highest BCUT2D eigenvalue weighted by atomic mass is 16.5. The number of allylic oxidation sites excluding steroid dienone is 10. The lowest BCUT2D eigenvalue weighted by molar-refractivity contribution is -0.134. The first-order valence-corrected chi connectivity index (χ1v) is 26.5. The number of phenols is 2. The van der Waals surface area contributed by atoms with Crippen molar-refractivity contribution in [2.75, 3.05) is 13.2 Å². The number of aryl methyl sites for hydroxylation is 2. The van der Waals surface area contributed by atoms with Crippen LogP contribution >= 0.6 is 0 Å². The summed E-state index contributed by atoms with van der Waals surface area (Å²) in [6, 6.07) is 43.4. The molecule has 2 N–H and O–H groups in total. The average Bonchev–Trinajstić information content (AvgIpc) is 3.65. The molecule has 6 aromatic carbocycles. The molecule has 3 unspecified atom stereocenters. The van der Waals surface area contributed by atoms with E-state index in [0.29, 0.717) is 18.1 Å². The van der Waals surface area contributed by atoms with Gasteiger partial charge in [0.2, 0.25) is 0 Å². The maximum Gasteiger partial charge on any atom is 0.314 e. The summed E-state index contributed by atoms with van der Waals surface area (Å²) in [5, 5.41) is 19.6. The Bertz CT molecular complexity index is 3130. The van der Waals surface area contributed by atoms with Crippen molar-refractivity contribution < 1.29 is 34.0 Å². The third-order valence-electron chi connectivity index (χ3n) is 15.3. The highest BCUT2D eigenvalue weighted by molar-refractivity contribution is 5.76. The van der Waals surface area contributed by atoms with Crippen LogP contribution in [0.2, 0.25) is 0 Å².